The average molecular weight is 355 g/mol. The van der Waals surface area contributed by atoms with Crippen LogP contribution in [0.5, 0.6) is 5.75 Å². The lowest BCUT2D eigenvalue weighted by molar-refractivity contribution is 0.0681. The molecule has 1 aromatic carbocycles. The zero-order valence-corrected chi connectivity index (χ0v) is 14.1. The highest BCUT2D eigenvalue weighted by Gasteiger charge is 2.34. The smallest absolute Gasteiger partial charge is 0.290 e. The van der Waals surface area contributed by atoms with Crippen molar-refractivity contribution in [3.05, 3.63) is 77.9 Å². The molecule has 1 aliphatic carbocycles. The van der Waals surface area contributed by atoms with Crippen LogP contribution >= 0.6 is 0 Å². The quantitative estimate of drug-likeness (QED) is 0.630. The van der Waals surface area contributed by atoms with E-state index in [9.17, 15) is 9.18 Å². The minimum Gasteiger partial charge on any atom is -0.486 e. The fourth-order valence-electron chi connectivity index (χ4n) is 2.72. The zero-order chi connectivity index (χ0) is 17.9. The van der Waals surface area contributed by atoms with Crippen molar-refractivity contribution in [3.8, 4) is 5.75 Å². The normalized spacial score (nSPS) is 13.6. The summed E-state index contributed by atoms with van der Waals surface area (Å²) in [7, 11) is 0. The second kappa shape index (κ2) is 7.07. The molecular weight excluding hydrogens is 337 g/mol. The summed E-state index contributed by atoms with van der Waals surface area (Å²) < 4.78 is 29.5. The summed E-state index contributed by atoms with van der Waals surface area (Å²) in [5.41, 5.74) is 0. The maximum Gasteiger partial charge on any atom is 0.290 e. The molecular formula is C20H18FNO4. The van der Waals surface area contributed by atoms with E-state index in [0.717, 1.165) is 18.6 Å². The molecule has 0 spiro atoms. The monoisotopic (exact) mass is 355 g/mol. The highest BCUT2D eigenvalue weighted by Crippen LogP contribution is 2.30. The number of benzene rings is 1. The highest BCUT2D eigenvalue weighted by molar-refractivity contribution is 5.92. The van der Waals surface area contributed by atoms with Gasteiger partial charge in [0.1, 0.15) is 29.7 Å². The predicted octanol–water partition coefficient (Wildman–Crippen LogP) is 4.40. The number of rotatable bonds is 7. The number of furan rings is 2. The Labute approximate surface area is 150 Å². The number of nitrogens with zero attached hydrogens (tertiary/aromatic N) is 1. The second-order valence-electron chi connectivity index (χ2n) is 6.25. The third-order valence-electron chi connectivity index (χ3n) is 4.22. The van der Waals surface area contributed by atoms with Crippen molar-refractivity contribution >= 4 is 5.91 Å². The molecule has 6 heteroatoms. The lowest BCUT2D eigenvalue weighted by Gasteiger charge is -2.19. The van der Waals surface area contributed by atoms with Crippen LogP contribution in [-0.4, -0.2) is 16.8 Å². The second-order valence-corrected chi connectivity index (χ2v) is 6.25. The SMILES string of the molecule is O=C(c1ccc(COc2ccc(F)cc2)o1)N(Cc1ccco1)C1CC1. The fourth-order valence-corrected chi connectivity index (χ4v) is 2.72. The zero-order valence-electron chi connectivity index (χ0n) is 14.1. The molecule has 2 aromatic heterocycles. The van der Waals surface area contributed by atoms with E-state index in [0.29, 0.717) is 18.1 Å². The van der Waals surface area contributed by atoms with Gasteiger partial charge in [-0.3, -0.25) is 4.79 Å². The number of ether oxygens (including phenoxy) is 1. The van der Waals surface area contributed by atoms with Crippen LogP contribution in [0.2, 0.25) is 0 Å². The summed E-state index contributed by atoms with van der Waals surface area (Å²) in [5, 5.41) is 0. The molecule has 5 nitrogen and oxygen atoms in total. The van der Waals surface area contributed by atoms with Crippen LogP contribution in [0.15, 0.2) is 63.6 Å². The van der Waals surface area contributed by atoms with E-state index in [4.69, 9.17) is 13.6 Å². The molecule has 3 aromatic rings. The largest absolute Gasteiger partial charge is 0.486 e. The first-order chi connectivity index (χ1) is 12.7. The summed E-state index contributed by atoms with van der Waals surface area (Å²) in [6.07, 6.45) is 3.59. The van der Waals surface area contributed by atoms with Crippen LogP contribution in [0.25, 0.3) is 0 Å². The molecule has 0 N–H and O–H groups in total. The van der Waals surface area contributed by atoms with Crippen molar-refractivity contribution < 1.29 is 22.8 Å². The third kappa shape index (κ3) is 3.79. The number of carbonyl (C=O) groups excluding carboxylic acids is 1. The van der Waals surface area contributed by atoms with Crippen molar-refractivity contribution in [2.75, 3.05) is 0 Å². The van der Waals surface area contributed by atoms with Crippen LogP contribution < -0.4 is 4.74 Å². The fraction of sp³-hybridized carbons (Fsp3) is 0.250. The van der Waals surface area contributed by atoms with Gasteiger partial charge in [-0.1, -0.05) is 0 Å². The summed E-state index contributed by atoms with van der Waals surface area (Å²) in [4.78, 5) is 14.6. The van der Waals surface area contributed by atoms with Gasteiger partial charge in [-0.05, 0) is 61.4 Å². The van der Waals surface area contributed by atoms with Gasteiger partial charge >= 0.3 is 0 Å². The van der Waals surface area contributed by atoms with Gasteiger partial charge in [-0.15, -0.1) is 0 Å². The molecule has 0 aliphatic heterocycles. The minimum atomic E-state index is -0.319. The third-order valence-corrected chi connectivity index (χ3v) is 4.22. The van der Waals surface area contributed by atoms with Crippen LogP contribution in [0.4, 0.5) is 4.39 Å². The van der Waals surface area contributed by atoms with Crippen molar-refractivity contribution in [1.82, 2.24) is 4.90 Å². The standard InChI is InChI=1S/C20H18FNO4/c21-14-3-7-16(8-4-14)25-13-18-9-10-19(26-18)20(23)22(15-5-6-15)12-17-2-1-11-24-17/h1-4,7-11,15H,5-6,12-13H2. The molecule has 134 valence electrons. The van der Waals surface area contributed by atoms with Gasteiger partial charge in [0.15, 0.2) is 5.76 Å². The van der Waals surface area contributed by atoms with E-state index in [1.807, 2.05) is 12.1 Å². The van der Waals surface area contributed by atoms with Crippen molar-refractivity contribution in [2.45, 2.75) is 32.0 Å². The number of halogens is 1. The Kier molecular flexibility index (Phi) is 4.48. The molecule has 0 unspecified atom stereocenters. The van der Waals surface area contributed by atoms with Gasteiger partial charge in [-0.25, -0.2) is 4.39 Å². The van der Waals surface area contributed by atoms with Gasteiger partial charge in [0.05, 0.1) is 12.8 Å². The molecule has 1 amide bonds. The molecule has 1 saturated carbocycles. The van der Waals surface area contributed by atoms with Crippen LogP contribution in [0.3, 0.4) is 0 Å². The van der Waals surface area contributed by atoms with E-state index in [1.54, 1.807) is 35.4 Å². The molecule has 0 atom stereocenters. The molecule has 2 heterocycles. The topological polar surface area (TPSA) is 55.8 Å². The van der Waals surface area contributed by atoms with Crippen LogP contribution in [-0.2, 0) is 13.2 Å². The van der Waals surface area contributed by atoms with Gasteiger partial charge in [0, 0.05) is 6.04 Å². The summed E-state index contributed by atoms with van der Waals surface area (Å²) in [6.45, 7) is 0.596. The Bertz CT molecular complexity index is 866. The molecule has 0 saturated heterocycles. The maximum absolute atomic E-state index is 12.9. The Morgan fingerprint density at radius 1 is 1.12 bits per heavy atom. The van der Waals surface area contributed by atoms with E-state index in [2.05, 4.69) is 0 Å². The van der Waals surface area contributed by atoms with E-state index in [1.165, 1.54) is 12.1 Å². The Balaban J connectivity index is 1.40. The molecule has 26 heavy (non-hydrogen) atoms. The average Bonchev–Trinajstić information content (AvgIpc) is 3.16. The van der Waals surface area contributed by atoms with Crippen molar-refractivity contribution in [1.29, 1.82) is 0 Å². The van der Waals surface area contributed by atoms with Crippen molar-refractivity contribution in [3.63, 3.8) is 0 Å². The van der Waals surface area contributed by atoms with E-state index in [-0.39, 0.29) is 30.1 Å². The Morgan fingerprint density at radius 3 is 2.62 bits per heavy atom. The molecule has 1 aliphatic rings. The Morgan fingerprint density at radius 2 is 1.92 bits per heavy atom. The van der Waals surface area contributed by atoms with E-state index < -0.39 is 0 Å². The molecule has 0 radical (unpaired) electrons. The predicted molar refractivity (Wildman–Crippen MR) is 91.0 cm³/mol. The molecule has 1 fully saturated rings. The Hall–Kier alpha value is -3.02. The van der Waals surface area contributed by atoms with Gasteiger partial charge in [0.25, 0.3) is 5.91 Å². The summed E-state index contributed by atoms with van der Waals surface area (Å²) >= 11 is 0. The number of hydrogen-bond acceptors (Lipinski definition) is 4. The number of carbonyl (C=O) groups is 1. The highest BCUT2D eigenvalue weighted by atomic mass is 19.1. The first-order valence-electron chi connectivity index (χ1n) is 8.49. The lowest BCUT2D eigenvalue weighted by atomic mass is 10.3. The number of amides is 1. The molecule has 4 rings (SSSR count). The van der Waals surface area contributed by atoms with E-state index >= 15 is 0 Å². The first kappa shape index (κ1) is 16.4. The lowest BCUT2D eigenvalue weighted by Crippen LogP contribution is -2.32. The van der Waals surface area contributed by atoms with Crippen LogP contribution in [0, 0.1) is 5.82 Å². The van der Waals surface area contributed by atoms with Gasteiger partial charge in [0.2, 0.25) is 0 Å². The van der Waals surface area contributed by atoms with Gasteiger partial charge in [-0.2, -0.15) is 0 Å². The van der Waals surface area contributed by atoms with Gasteiger partial charge < -0.3 is 18.5 Å². The summed E-state index contributed by atoms with van der Waals surface area (Å²) in [5.74, 6) is 1.62. The summed E-state index contributed by atoms with van der Waals surface area (Å²) in [6, 6.07) is 13.0. The maximum atomic E-state index is 12.9. The minimum absolute atomic E-state index is 0.156. The number of hydrogen-bond donors (Lipinski definition) is 0. The molecule has 0 bridgehead atoms. The first-order valence-corrected chi connectivity index (χ1v) is 8.49. The van der Waals surface area contributed by atoms with Crippen molar-refractivity contribution in [2.24, 2.45) is 0 Å². The van der Waals surface area contributed by atoms with Crippen LogP contribution in [0.1, 0.15) is 34.9 Å².